The topological polar surface area (TPSA) is 29.9 Å². The number of rotatable bonds is 5. The first-order valence-electron chi connectivity index (χ1n) is 8.26. The molecule has 3 rings (SSSR count). The smallest absolute Gasteiger partial charge is 0.133 e. The van der Waals surface area contributed by atoms with E-state index >= 15 is 0 Å². The summed E-state index contributed by atoms with van der Waals surface area (Å²) in [4.78, 5) is 0. The second-order valence-electron chi connectivity index (χ2n) is 5.83. The lowest BCUT2D eigenvalue weighted by molar-refractivity contribution is 0.765. The lowest BCUT2D eigenvalue weighted by Gasteiger charge is -2.09. The molecule has 4 heteroatoms. The number of aryl methyl sites for hydroxylation is 2. The van der Waals surface area contributed by atoms with Gasteiger partial charge in [-0.1, -0.05) is 19.1 Å². The van der Waals surface area contributed by atoms with E-state index in [2.05, 4.69) is 47.4 Å². The molecule has 118 valence electrons. The standard InChI is InChI=1S/C18H25N3S/c1-3-14-7-9-15(10-8-14)21-18-16(6-4-5-12-19-18)17(20-21)11-13-22-2/h7-10,19H,3-6,11-13H2,1-2H3. The average molecular weight is 315 g/mol. The highest BCUT2D eigenvalue weighted by Gasteiger charge is 2.20. The predicted octanol–water partition coefficient (Wildman–Crippen LogP) is 4.09. The van der Waals surface area contributed by atoms with Crippen molar-refractivity contribution in [2.24, 2.45) is 0 Å². The molecule has 2 heterocycles. The minimum atomic E-state index is 1.05. The van der Waals surface area contributed by atoms with E-state index in [9.17, 15) is 0 Å². The molecular formula is C18H25N3S. The van der Waals surface area contributed by atoms with Gasteiger partial charge in [0.2, 0.25) is 0 Å². The Morgan fingerprint density at radius 2 is 2.05 bits per heavy atom. The van der Waals surface area contributed by atoms with Gasteiger partial charge in [0.25, 0.3) is 0 Å². The van der Waals surface area contributed by atoms with E-state index in [1.807, 2.05) is 11.8 Å². The van der Waals surface area contributed by atoms with Crippen molar-refractivity contribution in [1.82, 2.24) is 9.78 Å². The van der Waals surface area contributed by atoms with Crippen LogP contribution in [0.15, 0.2) is 24.3 Å². The SMILES string of the molecule is CCc1ccc(-n2nc(CCSC)c3c2NCCCC3)cc1. The van der Waals surface area contributed by atoms with Crippen molar-refractivity contribution in [3.05, 3.63) is 41.1 Å². The summed E-state index contributed by atoms with van der Waals surface area (Å²) in [5.74, 6) is 2.36. The van der Waals surface area contributed by atoms with Gasteiger partial charge in [-0.25, -0.2) is 4.68 Å². The fourth-order valence-corrected chi connectivity index (χ4v) is 3.43. The maximum atomic E-state index is 4.94. The van der Waals surface area contributed by atoms with Crippen LogP contribution in [0.4, 0.5) is 5.82 Å². The summed E-state index contributed by atoms with van der Waals surface area (Å²) in [6.45, 7) is 3.24. The van der Waals surface area contributed by atoms with E-state index < -0.39 is 0 Å². The van der Waals surface area contributed by atoms with Crippen molar-refractivity contribution in [1.29, 1.82) is 0 Å². The van der Waals surface area contributed by atoms with Gasteiger partial charge in [0.05, 0.1) is 11.4 Å². The number of fused-ring (bicyclic) bond motifs is 1. The van der Waals surface area contributed by atoms with Gasteiger partial charge in [0.1, 0.15) is 5.82 Å². The quantitative estimate of drug-likeness (QED) is 0.901. The van der Waals surface area contributed by atoms with Crippen LogP contribution in [-0.2, 0) is 19.3 Å². The van der Waals surface area contributed by atoms with E-state index in [1.165, 1.54) is 41.2 Å². The van der Waals surface area contributed by atoms with Crippen LogP contribution in [0.1, 0.15) is 36.6 Å². The van der Waals surface area contributed by atoms with Crippen molar-refractivity contribution in [3.63, 3.8) is 0 Å². The summed E-state index contributed by atoms with van der Waals surface area (Å²) in [7, 11) is 0. The van der Waals surface area contributed by atoms with E-state index in [1.54, 1.807) is 0 Å². The molecule has 22 heavy (non-hydrogen) atoms. The Labute approximate surface area is 137 Å². The second kappa shape index (κ2) is 7.23. The van der Waals surface area contributed by atoms with E-state index in [-0.39, 0.29) is 0 Å². The number of benzene rings is 1. The highest BCUT2D eigenvalue weighted by Crippen LogP contribution is 2.28. The molecule has 0 saturated carbocycles. The monoisotopic (exact) mass is 315 g/mol. The van der Waals surface area contributed by atoms with Crippen molar-refractivity contribution >= 4 is 17.6 Å². The predicted molar refractivity (Wildman–Crippen MR) is 96.5 cm³/mol. The maximum Gasteiger partial charge on any atom is 0.133 e. The molecule has 2 aromatic rings. The van der Waals surface area contributed by atoms with Crippen LogP contribution in [0, 0.1) is 0 Å². The third-order valence-electron chi connectivity index (χ3n) is 4.34. The maximum absolute atomic E-state index is 4.94. The minimum Gasteiger partial charge on any atom is -0.370 e. The van der Waals surface area contributed by atoms with Crippen molar-refractivity contribution in [2.75, 3.05) is 23.9 Å². The summed E-state index contributed by atoms with van der Waals surface area (Å²) >= 11 is 1.89. The zero-order chi connectivity index (χ0) is 15.4. The van der Waals surface area contributed by atoms with Crippen LogP contribution in [0.3, 0.4) is 0 Å². The van der Waals surface area contributed by atoms with Gasteiger partial charge in [-0.3, -0.25) is 0 Å². The molecule has 0 unspecified atom stereocenters. The Kier molecular flexibility index (Phi) is 5.08. The molecule has 0 fully saturated rings. The summed E-state index contributed by atoms with van der Waals surface area (Å²) in [6, 6.07) is 8.80. The van der Waals surface area contributed by atoms with Crippen LogP contribution in [0.5, 0.6) is 0 Å². The van der Waals surface area contributed by atoms with Gasteiger partial charge in [0.15, 0.2) is 0 Å². The molecule has 0 amide bonds. The molecule has 0 radical (unpaired) electrons. The lowest BCUT2D eigenvalue weighted by atomic mass is 10.1. The molecule has 1 aromatic carbocycles. The molecule has 0 bridgehead atoms. The molecule has 1 aliphatic heterocycles. The van der Waals surface area contributed by atoms with Gasteiger partial charge < -0.3 is 5.32 Å². The lowest BCUT2D eigenvalue weighted by Crippen LogP contribution is -2.07. The zero-order valence-corrected chi connectivity index (χ0v) is 14.4. The second-order valence-corrected chi connectivity index (χ2v) is 6.82. The Morgan fingerprint density at radius 1 is 1.23 bits per heavy atom. The van der Waals surface area contributed by atoms with Crippen LogP contribution in [-0.4, -0.2) is 28.3 Å². The zero-order valence-electron chi connectivity index (χ0n) is 13.6. The van der Waals surface area contributed by atoms with Gasteiger partial charge in [-0.2, -0.15) is 16.9 Å². The number of aromatic nitrogens is 2. The van der Waals surface area contributed by atoms with E-state index in [0.717, 1.165) is 31.6 Å². The summed E-state index contributed by atoms with van der Waals surface area (Å²) < 4.78 is 2.12. The van der Waals surface area contributed by atoms with E-state index in [0.29, 0.717) is 0 Å². The highest BCUT2D eigenvalue weighted by atomic mass is 32.2. The normalized spacial score (nSPS) is 14.3. The van der Waals surface area contributed by atoms with Gasteiger partial charge in [-0.15, -0.1) is 0 Å². The largest absolute Gasteiger partial charge is 0.370 e. The molecular weight excluding hydrogens is 290 g/mol. The Bertz CT molecular complexity index is 616. The van der Waals surface area contributed by atoms with Crippen molar-refractivity contribution in [3.8, 4) is 5.69 Å². The number of thioether (sulfide) groups is 1. The Morgan fingerprint density at radius 3 is 2.77 bits per heavy atom. The molecule has 0 atom stereocenters. The first kappa shape index (κ1) is 15.5. The number of hydrogen-bond acceptors (Lipinski definition) is 3. The van der Waals surface area contributed by atoms with Crippen LogP contribution in [0.2, 0.25) is 0 Å². The number of nitrogens with zero attached hydrogens (tertiary/aromatic N) is 2. The molecule has 1 aliphatic rings. The summed E-state index contributed by atoms with van der Waals surface area (Å²) in [6.07, 6.45) is 7.95. The Balaban J connectivity index is 2.00. The average Bonchev–Trinajstić information content (AvgIpc) is 2.74. The molecule has 3 nitrogen and oxygen atoms in total. The van der Waals surface area contributed by atoms with Gasteiger partial charge in [-0.05, 0) is 55.4 Å². The molecule has 0 saturated heterocycles. The first-order chi connectivity index (χ1) is 10.8. The molecule has 1 N–H and O–H groups in total. The van der Waals surface area contributed by atoms with Crippen molar-refractivity contribution in [2.45, 2.75) is 39.0 Å². The summed E-state index contributed by atoms with van der Waals surface area (Å²) in [5.41, 5.74) is 5.25. The van der Waals surface area contributed by atoms with Crippen LogP contribution >= 0.6 is 11.8 Å². The van der Waals surface area contributed by atoms with Crippen LogP contribution in [0.25, 0.3) is 5.69 Å². The third kappa shape index (κ3) is 3.17. The van der Waals surface area contributed by atoms with Crippen LogP contribution < -0.4 is 5.32 Å². The summed E-state index contributed by atoms with van der Waals surface area (Å²) in [5, 5.41) is 8.55. The van der Waals surface area contributed by atoms with E-state index in [4.69, 9.17) is 5.10 Å². The molecule has 0 aliphatic carbocycles. The highest BCUT2D eigenvalue weighted by molar-refractivity contribution is 7.98. The third-order valence-corrected chi connectivity index (χ3v) is 4.96. The van der Waals surface area contributed by atoms with Crippen molar-refractivity contribution < 1.29 is 0 Å². The fraction of sp³-hybridized carbons (Fsp3) is 0.500. The molecule has 1 aromatic heterocycles. The van der Waals surface area contributed by atoms with Gasteiger partial charge in [0, 0.05) is 18.5 Å². The fourth-order valence-electron chi connectivity index (χ4n) is 3.03. The first-order valence-corrected chi connectivity index (χ1v) is 9.65. The Hall–Kier alpha value is -1.42. The number of hydrogen-bond donors (Lipinski definition) is 1. The minimum absolute atomic E-state index is 1.05. The number of anilines is 1. The van der Waals surface area contributed by atoms with Gasteiger partial charge >= 0.3 is 0 Å². The molecule has 0 spiro atoms. The number of nitrogens with one attached hydrogen (secondary N) is 1.